The second-order valence-corrected chi connectivity index (χ2v) is 6.19. The minimum Gasteiger partial charge on any atom is -0.355 e. The van der Waals surface area contributed by atoms with Gasteiger partial charge in [0.2, 0.25) is 11.8 Å². The van der Waals surface area contributed by atoms with Crippen molar-refractivity contribution in [1.29, 1.82) is 0 Å². The smallest absolute Gasteiger partial charge is 0.227 e. The van der Waals surface area contributed by atoms with E-state index in [1.165, 1.54) is 25.1 Å². The van der Waals surface area contributed by atoms with Crippen molar-refractivity contribution in [2.45, 2.75) is 19.8 Å². The molecular weight excluding hydrogens is 337 g/mol. The zero-order chi connectivity index (χ0) is 18.5. The molecule has 1 aliphatic rings. The summed E-state index contributed by atoms with van der Waals surface area (Å²) >= 11 is 0. The van der Waals surface area contributed by atoms with Crippen LogP contribution in [0.3, 0.4) is 0 Å². The number of carbonyl (C=O) groups is 2. The molecule has 7 nitrogen and oxygen atoms in total. The molecule has 1 aliphatic heterocycles. The summed E-state index contributed by atoms with van der Waals surface area (Å²) in [6, 6.07) is 4.12. The van der Waals surface area contributed by atoms with Crippen LogP contribution in [0.25, 0.3) is 0 Å². The van der Waals surface area contributed by atoms with E-state index < -0.39 is 5.82 Å². The van der Waals surface area contributed by atoms with Crippen molar-refractivity contribution in [1.82, 2.24) is 9.97 Å². The second-order valence-electron chi connectivity index (χ2n) is 6.19. The first-order valence-corrected chi connectivity index (χ1v) is 8.42. The van der Waals surface area contributed by atoms with Crippen LogP contribution < -0.4 is 15.5 Å². The van der Waals surface area contributed by atoms with E-state index in [9.17, 15) is 14.0 Å². The first kappa shape index (κ1) is 17.8. The minimum atomic E-state index is -0.546. The molecule has 2 heterocycles. The lowest BCUT2D eigenvalue weighted by Crippen LogP contribution is -2.38. The zero-order valence-corrected chi connectivity index (χ0v) is 14.4. The Labute approximate surface area is 150 Å². The molecule has 0 spiro atoms. The zero-order valence-electron chi connectivity index (χ0n) is 14.4. The fourth-order valence-corrected chi connectivity index (χ4v) is 2.96. The third-order valence-electron chi connectivity index (χ3n) is 4.28. The Kier molecular flexibility index (Phi) is 5.40. The van der Waals surface area contributed by atoms with Gasteiger partial charge in [0.05, 0.1) is 11.9 Å². The summed E-state index contributed by atoms with van der Waals surface area (Å²) in [5.74, 6) is -0.342. The molecule has 2 aromatic rings. The van der Waals surface area contributed by atoms with Crippen molar-refractivity contribution in [3.05, 3.63) is 42.6 Å². The van der Waals surface area contributed by atoms with E-state index in [1.807, 2.05) is 0 Å². The highest BCUT2D eigenvalue weighted by atomic mass is 19.1. The molecule has 0 bridgehead atoms. The average molecular weight is 357 g/mol. The van der Waals surface area contributed by atoms with Crippen LogP contribution in [-0.2, 0) is 9.59 Å². The average Bonchev–Trinajstić information content (AvgIpc) is 2.65. The Balaban J connectivity index is 1.58. The monoisotopic (exact) mass is 357 g/mol. The summed E-state index contributed by atoms with van der Waals surface area (Å²) in [5, 5.41) is 5.21. The number of piperidine rings is 1. The number of amides is 2. The van der Waals surface area contributed by atoms with Gasteiger partial charge in [-0.1, -0.05) is 0 Å². The Morgan fingerprint density at radius 3 is 2.62 bits per heavy atom. The van der Waals surface area contributed by atoms with Crippen LogP contribution in [0.4, 0.5) is 21.6 Å². The molecule has 136 valence electrons. The summed E-state index contributed by atoms with van der Waals surface area (Å²) in [4.78, 5) is 34.0. The normalized spacial score (nSPS) is 14.8. The van der Waals surface area contributed by atoms with Crippen molar-refractivity contribution in [2.24, 2.45) is 5.92 Å². The fourth-order valence-electron chi connectivity index (χ4n) is 2.96. The molecule has 0 unspecified atom stereocenters. The molecule has 26 heavy (non-hydrogen) atoms. The van der Waals surface area contributed by atoms with Crippen molar-refractivity contribution in [3.8, 4) is 0 Å². The van der Waals surface area contributed by atoms with Gasteiger partial charge >= 0.3 is 0 Å². The van der Waals surface area contributed by atoms with Gasteiger partial charge < -0.3 is 15.5 Å². The van der Waals surface area contributed by atoms with Crippen LogP contribution in [0.5, 0.6) is 0 Å². The highest BCUT2D eigenvalue weighted by Crippen LogP contribution is 2.24. The van der Waals surface area contributed by atoms with Crippen molar-refractivity contribution >= 4 is 29.0 Å². The molecule has 0 atom stereocenters. The van der Waals surface area contributed by atoms with Crippen molar-refractivity contribution < 1.29 is 14.0 Å². The maximum Gasteiger partial charge on any atom is 0.227 e. The van der Waals surface area contributed by atoms with Gasteiger partial charge in [-0.2, -0.15) is 0 Å². The second kappa shape index (κ2) is 7.90. The van der Waals surface area contributed by atoms with Gasteiger partial charge in [-0.3, -0.25) is 14.6 Å². The molecule has 0 radical (unpaired) electrons. The SMILES string of the molecule is CC(=O)Nc1cc(NC(=O)C2CCN(c3cnccn3)CC2)ccc1F. The molecule has 8 heteroatoms. The van der Waals surface area contributed by atoms with Crippen molar-refractivity contribution in [3.63, 3.8) is 0 Å². The number of carbonyl (C=O) groups excluding carboxylic acids is 2. The highest BCUT2D eigenvalue weighted by molar-refractivity contribution is 5.94. The van der Waals surface area contributed by atoms with Gasteiger partial charge in [-0.15, -0.1) is 0 Å². The van der Waals surface area contributed by atoms with Gasteiger partial charge in [0.1, 0.15) is 11.6 Å². The van der Waals surface area contributed by atoms with Gasteiger partial charge in [0.25, 0.3) is 0 Å². The van der Waals surface area contributed by atoms with E-state index in [0.29, 0.717) is 18.5 Å². The number of hydrogen-bond donors (Lipinski definition) is 2. The largest absolute Gasteiger partial charge is 0.355 e. The number of hydrogen-bond acceptors (Lipinski definition) is 5. The van der Waals surface area contributed by atoms with E-state index in [1.54, 1.807) is 18.6 Å². The van der Waals surface area contributed by atoms with Crippen LogP contribution in [0, 0.1) is 11.7 Å². The van der Waals surface area contributed by atoms with Gasteiger partial charge in [0.15, 0.2) is 0 Å². The van der Waals surface area contributed by atoms with E-state index >= 15 is 0 Å². The van der Waals surface area contributed by atoms with E-state index in [4.69, 9.17) is 0 Å². The number of halogens is 1. The number of nitrogens with one attached hydrogen (secondary N) is 2. The first-order valence-electron chi connectivity index (χ1n) is 8.42. The van der Waals surface area contributed by atoms with E-state index in [0.717, 1.165) is 18.9 Å². The molecule has 2 N–H and O–H groups in total. The van der Waals surface area contributed by atoms with Crippen molar-refractivity contribution in [2.75, 3.05) is 28.6 Å². The third-order valence-corrected chi connectivity index (χ3v) is 4.28. The van der Waals surface area contributed by atoms with Crippen LogP contribution in [0.1, 0.15) is 19.8 Å². The first-order chi connectivity index (χ1) is 12.5. The summed E-state index contributed by atoms with van der Waals surface area (Å²) in [6.45, 7) is 2.74. The lowest BCUT2D eigenvalue weighted by Gasteiger charge is -2.31. The van der Waals surface area contributed by atoms with Crippen LogP contribution in [0.2, 0.25) is 0 Å². The topological polar surface area (TPSA) is 87.2 Å². The molecule has 1 fully saturated rings. The molecular formula is C18H20FN5O2. The summed E-state index contributed by atoms with van der Waals surface area (Å²) in [5.41, 5.74) is 0.504. The number of benzene rings is 1. The van der Waals surface area contributed by atoms with Crippen LogP contribution in [0.15, 0.2) is 36.8 Å². The molecule has 1 aromatic heterocycles. The number of rotatable bonds is 4. The maximum absolute atomic E-state index is 13.7. The molecule has 1 saturated heterocycles. The third kappa shape index (κ3) is 4.33. The predicted octanol–water partition coefficient (Wildman–Crippen LogP) is 2.43. The Morgan fingerprint density at radius 2 is 1.96 bits per heavy atom. The van der Waals surface area contributed by atoms with Gasteiger partial charge in [-0.25, -0.2) is 9.37 Å². The van der Waals surface area contributed by atoms with Crippen LogP contribution in [-0.4, -0.2) is 34.9 Å². The summed E-state index contributed by atoms with van der Waals surface area (Å²) < 4.78 is 13.7. The Hall–Kier alpha value is -3.03. The quantitative estimate of drug-likeness (QED) is 0.878. The fraction of sp³-hybridized carbons (Fsp3) is 0.333. The number of aromatic nitrogens is 2. The lowest BCUT2D eigenvalue weighted by atomic mass is 9.96. The lowest BCUT2D eigenvalue weighted by molar-refractivity contribution is -0.120. The number of anilines is 3. The van der Waals surface area contributed by atoms with Gasteiger partial charge in [-0.05, 0) is 31.0 Å². The van der Waals surface area contributed by atoms with Gasteiger partial charge in [0, 0.05) is 44.0 Å². The Morgan fingerprint density at radius 1 is 1.19 bits per heavy atom. The standard InChI is InChI=1S/C18H20FN5O2/c1-12(25)22-16-10-14(2-3-15(16)19)23-18(26)13-4-8-24(9-5-13)17-11-20-6-7-21-17/h2-3,6-7,10-11,13H,4-5,8-9H2,1H3,(H,22,25)(H,23,26). The summed E-state index contributed by atoms with van der Waals surface area (Å²) in [7, 11) is 0. The molecule has 2 amide bonds. The number of nitrogens with zero attached hydrogens (tertiary/aromatic N) is 3. The molecule has 1 aromatic carbocycles. The molecule has 0 saturated carbocycles. The summed E-state index contributed by atoms with van der Waals surface area (Å²) in [6.07, 6.45) is 6.38. The maximum atomic E-state index is 13.7. The highest BCUT2D eigenvalue weighted by Gasteiger charge is 2.25. The van der Waals surface area contributed by atoms with E-state index in [2.05, 4.69) is 25.5 Å². The molecule has 0 aliphatic carbocycles. The van der Waals surface area contributed by atoms with Crippen LogP contribution >= 0.6 is 0 Å². The van der Waals surface area contributed by atoms with E-state index in [-0.39, 0.29) is 23.4 Å². The Bertz CT molecular complexity index is 791. The minimum absolute atomic E-state index is 0.0489. The molecule has 3 rings (SSSR count). The predicted molar refractivity (Wildman–Crippen MR) is 96.3 cm³/mol.